The summed E-state index contributed by atoms with van der Waals surface area (Å²) in [6, 6.07) is 5.37. The quantitative estimate of drug-likeness (QED) is 0.839. The molecule has 1 heterocycles. The lowest BCUT2D eigenvalue weighted by molar-refractivity contribution is 0.611. The fourth-order valence-corrected chi connectivity index (χ4v) is 2.47. The third kappa shape index (κ3) is 3.62. The number of aromatic nitrogens is 1. The summed E-state index contributed by atoms with van der Waals surface area (Å²) in [5.74, 6) is -0.134. The van der Waals surface area contributed by atoms with Gasteiger partial charge in [0.15, 0.2) is 0 Å². The van der Waals surface area contributed by atoms with Gasteiger partial charge >= 0.3 is 0 Å². The second kappa shape index (κ2) is 6.07. The molecular weight excluding hydrogens is 247 g/mol. The van der Waals surface area contributed by atoms with Gasteiger partial charge < -0.3 is 5.32 Å². The average molecular weight is 264 g/mol. The Labute approximate surface area is 111 Å². The number of hydrogen-bond donors (Lipinski definition) is 1. The second-order valence-electron chi connectivity index (χ2n) is 4.39. The molecule has 1 aromatic carbocycles. The van der Waals surface area contributed by atoms with E-state index in [1.165, 1.54) is 0 Å². The van der Waals surface area contributed by atoms with Crippen LogP contribution in [-0.4, -0.2) is 11.5 Å². The molecule has 0 aliphatic heterocycles. The maximum Gasteiger partial charge on any atom is 0.126 e. The Hall–Kier alpha value is -1.26. The minimum atomic E-state index is -0.134. The summed E-state index contributed by atoms with van der Waals surface area (Å²) >= 11 is 1.69. The first-order chi connectivity index (χ1) is 8.65. The van der Waals surface area contributed by atoms with E-state index in [0.717, 1.165) is 29.2 Å². The summed E-state index contributed by atoms with van der Waals surface area (Å²) < 4.78 is 13.3. The maximum atomic E-state index is 13.3. The summed E-state index contributed by atoms with van der Waals surface area (Å²) in [6.45, 7) is 5.34. The van der Waals surface area contributed by atoms with Gasteiger partial charge in [0, 0.05) is 30.6 Å². The maximum absolute atomic E-state index is 13.3. The Kier molecular flexibility index (Phi) is 4.44. The molecule has 0 aliphatic carbocycles. The molecule has 1 N–H and O–H groups in total. The van der Waals surface area contributed by atoms with E-state index in [2.05, 4.69) is 15.7 Å². The van der Waals surface area contributed by atoms with Gasteiger partial charge in [0.2, 0.25) is 0 Å². The van der Waals surface area contributed by atoms with Crippen LogP contribution in [0.25, 0.3) is 0 Å². The van der Waals surface area contributed by atoms with Crippen LogP contribution >= 0.6 is 11.3 Å². The van der Waals surface area contributed by atoms with E-state index >= 15 is 0 Å². The van der Waals surface area contributed by atoms with Gasteiger partial charge in [0.25, 0.3) is 0 Å². The van der Waals surface area contributed by atoms with Crippen molar-refractivity contribution < 1.29 is 4.39 Å². The van der Waals surface area contributed by atoms with Crippen LogP contribution in [0.3, 0.4) is 0 Å². The summed E-state index contributed by atoms with van der Waals surface area (Å²) in [5, 5.41) is 6.51. The van der Waals surface area contributed by atoms with E-state index in [-0.39, 0.29) is 5.82 Å². The Balaban J connectivity index is 1.76. The van der Waals surface area contributed by atoms with E-state index in [9.17, 15) is 4.39 Å². The lowest BCUT2D eigenvalue weighted by Crippen LogP contribution is -2.16. The highest BCUT2D eigenvalue weighted by Crippen LogP contribution is 2.10. The molecule has 4 heteroatoms. The molecule has 96 valence electrons. The van der Waals surface area contributed by atoms with Crippen molar-refractivity contribution in [3.05, 3.63) is 51.2 Å². The molecule has 0 aliphatic rings. The first-order valence-corrected chi connectivity index (χ1v) is 6.90. The smallest absolute Gasteiger partial charge is 0.126 e. The van der Waals surface area contributed by atoms with Crippen LogP contribution in [0.2, 0.25) is 0 Å². The summed E-state index contributed by atoms with van der Waals surface area (Å²) in [6.07, 6.45) is 0.923. The Morgan fingerprint density at radius 1 is 1.33 bits per heavy atom. The van der Waals surface area contributed by atoms with Gasteiger partial charge in [0.05, 0.1) is 5.01 Å². The van der Waals surface area contributed by atoms with Crippen molar-refractivity contribution in [2.45, 2.75) is 26.8 Å². The zero-order valence-corrected chi connectivity index (χ0v) is 11.5. The molecule has 0 saturated carbocycles. The highest BCUT2D eigenvalue weighted by atomic mass is 32.1. The minimum Gasteiger partial charge on any atom is -0.312 e. The van der Waals surface area contributed by atoms with Crippen LogP contribution in [0, 0.1) is 19.7 Å². The van der Waals surface area contributed by atoms with Crippen molar-refractivity contribution in [3.8, 4) is 0 Å². The third-order valence-corrected chi connectivity index (χ3v) is 3.77. The standard InChI is InChI=1S/C14H17FN2S/c1-10-3-4-12(7-13(10)15)8-16-6-5-14-17-11(2)9-18-14/h3-4,7,9,16H,5-6,8H2,1-2H3. The van der Waals surface area contributed by atoms with Gasteiger partial charge in [-0.25, -0.2) is 9.37 Å². The molecule has 0 atom stereocenters. The van der Waals surface area contributed by atoms with Crippen LogP contribution in [0.1, 0.15) is 21.8 Å². The molecule has 0 fully saturated rings. The predicted molar refractivity (Wildman–Crippen MR) is 73.4 cm³/mol. The van der Waals surface area contributed by atoms with E-state index in [0.29, 0.717) is 12.1 Å². The Bertz CT molecular complexity index is 522. The summed E-state index contributed by atoms with van der Waals surface area (Å²) in [7, 11) is 0. The molecule has 0 unspecified atom stereocenters. The third-order valence-electron chi connectivity index (χ3n) is 2.75. The van der Waals surface area contributed by atoms with Gasteiger partial charge in [-0.05, 0) is 31.0 Å². The largest absolute Gasteiger partial charge is 0.312 e. The highest BCUT2D eigenvalue weighted by Gasteiger charge is 2.00. The zero-order chi connectivity index (χ0) is 13.0. The Morgan fingerprint density at radius 3 is 2.83 bits per heavy atom. The van der Waals surface area contributed by atoms with Crippen LogP contribution in [0.15, 0.2) is 23.6 Å². The first-order valence-electron chi connectivity index (χ1n) is 6.02. The minimum absolute atomic E-state index is 0.134. The van der Waals surface area contributed by atoms with E-state index in [4.69, 9.17) is 0 Å². The lowest BCUT2D eigenvalue weighted by atomic mass is 10.1. The monoisotopic (exact) mass is 264 g/mol. The fourth-order valence-electron chi connectivity index (χ4n) is 1.69. The molecule has 0 bridgehead atoms. The number of halogens is 1. The number of hydrogen-bond acceptors (Lipinski definition) is 3. The van der Waals surface area contributed by atoms with Crippen molar-refractivity contribution in [1.29, 1.82) is 0 Å². The van der Waals surface area contributed by atoms with Crippen molar-refractivity contribution >= 4 is 11.3 Å². The zero-order valence-electron chi connectivity index (χ0n) is 10.7. The molecule has 0 radical (unpaired) electrons. The second-order valence-corrected chi connectivity index (χ2v) is 5.34. The number of nitrogens with zero attached hydrogens (tertiary/aromatic N) is 1. The van der Waals surface area contributed by atoms with Crippen LogP contribution < -0.4 is 5.32 Å². The molecule has 0 amide bonds. The molecule has 2 rings (SSSR count). The van der Waals surface area contributed by atoms with Crippen molar-refractivity contribution in [1.82, 2.24) is 10.3 Å². The molecular formula is C14H17FN2S. The van der Waals surface area contributed by atoms with Crippen LogP contribution in [-0.2, 0) is 13.0 Å². The van der Waals surface area contributed by atoms with Crippen molar-refractivity contribution in [2.24, 2.45) is 0 Å². The summed E-state index contributed by atoms with van der Waals surface area (Å²) in [5.41, 5.74) is 2.75. The van der Waals surface area contributed by atoms with E-state index < -0.39 is 0 Å². The average Bonchev–Trinajstić information content (AvgIpc) is 2.75. The highest BCUT2D eigenvalue weighted by molar-refractivity contribution is 7.09. The number of benzene rings is 1. The lowest BCUT2D eigenvalue weighted by Gasteiger charge is -2.05. The van der Waals surface area contributed by atoms with Crippen molar-refractivity contribution in [2.75, 3.05) is 6.54 Å². The Morgan fingerprint density at radius 2 is 2.17 bits per heavy atom. The van der Waals surface area contributed by atoms with Crippen LogP contribution in [0.4, 0.5) is 4.39 Å². The van der Waals surface area contributed by atoms with Gasteiger partial charge in [-0.15, -0.1) is 11.3 Å². The first kappa shape index (κ1) is 13.2. The number of rotatable bonds is 5. The van der Waals surface area contributed by atoms with Gasteiger partial charge in [0.1, 0.15) is 5.82 Å². The van der Waals surface area contributed by atoms with Gasteiger partial charge in [-0.2, -0.15) is 0 Å². The van der Waals surface area contributed by atoms with E-state index in [1.54, 1.807) is 24.3 Å². The number of thiazole rings is 1. The molecule has 18 heavy (non-hydrogen) atoms. The fraction of sp³-hybridized carbons (Fsp3) is 0.357. The van der Waals surface area contributed by atoms with E-state index in [1.807, 2.05) is 19.1 Å². The SMILES string of the molecule is Cc1csc(CCNCc2ccc(C)c(F)c2)n1. The molecule has 2 aromatic rings. The number of aryl methyl sites for hydroxylation is 2. The molecule has 1 aromatic heterocycles. The van der Waals surface area contributed by atoms with Crippen molar-refractivity contribution in [3.63, 3.8) is 0 Å². The van der Waals surface area contributed by atoms with Gasteiger partial charge in [-0.3, -0.25) is 0 Å². The molecule has 0 spiro atoms. The molecule has 0 saturated heterocycles. The summed E-state index contributed by atoms with van der Waals surface area (Å²) in [4.78, 5) is 4.40. The van der Waals surface area contributed by atoms with Gasteiger partial charge in [-0.1, -0.05) is 12.1 Å². The predicted octanol–water partition coefficient (Wildman–Crippen LogP) is 3.23. The topological polar surface area (TPSA) is 24.9 Å². The van der Waals surface area contributed by atoms with Crippen LogP contribution in [0.5, 0.6) is 0 Å². The number of nitrogens with one attached hydrogen (secondary N) is 1. The normalized spacial score (nSPS) is 10.8. The molecule has 2 nitrogen and oxygen atoms in total.